The molecule has 7 rings (SSSR count). The predicted octanol–water partition coefficient (Wildman–Crippen LogP) is 5.32. The number of aromatic amines is 1. The summed E-state index contributed by atoms with van der Waals surface area (Å²) >= 11 is 6.34. The molecule has 0 aromatic carbocycles. The van der Waals surface area contributed by atoms with E-state index in [9.17, 15) is 4.79 Å². The van der Waals surface area contributed by atoms with E-state index in [1.807, 2.05) is 0 Å². The van der Waals surface area contributed by atoms with Gasteiger partial charge in [0.25, 0.3) is 5.92 Å². The average molecular weight is 586 g/mol. The minimum atomic E-state index is -2.91. The quantitative estimate of drug-likeness (QED) is 0.335. The Morgan fingerprint density at radius 1 is 1.15 bits per heavy atom. The van der Waals surface area contributed by atoms with E-state index >= 15 is 8.78 Å². The van der Waals surface area contributed by atoms with Crippen LogP contribution in [0, 0.1) is 11.8 Å². The summed E-state index contributed by atoms with van der Waals surface area (Å²) in [6, 6.07) is 2.35. The molecular formula is C28H30ClF2N7O3. The molecule has 1 aliphatic heterocycles. The Morgan fingerprint density at radius 2 is 1.98 bits per heavy atom. The molecule has 41 heavy (non-hydrogen) atoms. The zero-order valence-corrected chi connectivity index (χ0v) is 23.3. The number of ether oxygens (including phenoxy) is 1. The number of nitrogens with zero attached hydrogens (tertiary/aromatic N) is 6. The topological polar surface area (TPSA) is 115 Å². The molecule has 216 valence electrons. The molecule has 3 fully saturated rings. The van der Waals surface area contributed by atoms with E-state index in [-0.39, 0.29) is 12.2 Å². The number of nitrogens with one attached hydrogen (secondary N) is 1. The number of morpholine rings is 1. The van der Waals surface area contributed by atoms with Gasteiger partial charge in [-0.3, -0.25) is 14.5 Å². The van der Waals surface area contributed by atoms with Crippen molar-refractivity contribution in [2.75, 3.05) is 18.1 Å². The molecule has 0 bridgehead atoms. The molecule has 5 heterocycles. The molecule has 0 unspecified atom stereocenters. The maximum atomic E-state index is 15.3. The highest BCUT2D eigenvalue weighted by molar-refractivity contribution is 6.30. The van der Waals surface area contributed by atoms with Crippen molar-refractivity contribution in [3.05, 3.63) is 40.1 Å². The van der Waals surface area contributed by atoms with Gasteiger partial charge in [-0.1, -0.05) is 36.5 Å². The van der Waals surface area contributed by atoms with Crippen molar-refractivity contribution in [1.29, 1.82) is 0 Å². The number of hydrogen-bond acceptors (Lipinski definition) is 8. The lowest BCUT2D eigenvalue weighted by Gasteiger charge is -2.41. The van der Waals surface area contributed by atoms with Crippen molar-refractivity contribution in [2.45, 2.75) is 70.1 Å². The van der Waals surface area contributed by atoms with Crippen LogP contribution in [0.1, 0.15) is 45.4 Å². The van der Waals surface area contributed by atoms with Crippen LogP contribution in [0.2, 0.25) is 5.02 Å². The van der Waals surface area contributed by atoms with Crippen molar-refractivity contribution < 1.29 is 18.0 Å². The van der Waals surface area contributed by atoms with E-state index in [1.54, 1.807) is 23.2 Å². The average Bonchev–Trinajstić information content (AvgIpc) is 3.64. The molecule has 4 aromatic heterocycles. The first-order valence-corrected chi connectivity index (χ1v) is 14.5. The Labute approximate surface area is 239 Å². The molecule has 2 aliphatic carbocycles. The fourth-order valence-electron chi connectivity index (χ4n) is 6.69. The first kappa shape index (κ1) is 26.5. The second kappa shape index (κ2) is 10.2. The minimum Gasteiger partial charge on any atom is -0.374 e. The van der Waals surface area contributed by atoms with Crippen LogP contribution < -0.4 is 10.7 Å². The Hall–Kier alpha value is -3.38. The maximum Gasteiger partial charge on any atom is 0.439 e. The smallest absolute Gasteiger partial charge is 0.374 e. The van der Waals surface area contributed by atoms with Gasteiger partial charge in [-0.05, 0) is 43.2 Å². The van der Waals surface area contributed by atoms with Crippen molar-refractivity contribution in [3.63, 3.8) is 0 Å². The fourth-order valence-corrected chi connectivity index (χ4v) is 6.87. The van der Waals surface area contributed by atoms with E-state index in [0.29, 0.717) is 76.9 Å². The van der Waals surface area contributed by atoms with Gasteiger partial charge in [-0.2, -0.15) is 0 Å². The Morgan fingerprint density at radius 3 is 2.73 bits per heavy atom. The van der Waals surface area contributed by atoms with Crippen molar-refractivity contribution in [2.24, 2.45) is 11.8 Å². The van der Waals surface area contributed by atoms with Gasteiger partial charge >= 0.3 is 5.76 Å². The summed E-state index contributed by atoms with van der Waals surface area (Å²) in [6.45, 7) is 3.53. The number of halogens is 3. The molecule has 4 aromatic rings. The molecule has 3 aliphatic rings. The molecule has 10 nitrogen and oxygen atoms in total. The molecule has 2 saturated carbocycles. The molecular weight excluding hydrogens is 556 g/mol. The van der Waals surface area contributed by atoms with Crippen LogP contribution in [0.4, 0.5) is 14.7 Å². The molecule has 0 amide bonds. The van der Waals surface area contributed by atoms with Crippen molar-refractivity contribution in [1.82, 2.24) is 29.7 Å². The van der Waals surface area contributed by atoms with Gasteiger partial charge in [-0.25, -0.2) is 23.5 Å². The third-order valence-corrected chi connectivity index (χ3v) is 8.95. The molecule has 0 radical (unpaired) electrons. The first-order valence-electron chi connectivity index (χ1n) is 14.1. The van der Waals surface area contributed by atoms with Crippen LogP contribution in [0.3, 0.4) is 0 Å². The van der Waals surface area contributed by atoms with E-state index < -0.39 is 23.8 Å². The molecule has 1 N–H and O–H groups in total. The van der Waals surface area contributed by atoms with Crippen LogP contribution in [-0.2, 0) is 11.3 Å². The van der Waals surface area contributed by atoms with Crippen LogP contribution >= 0.6 is 11.6 Å². The predicted molar refractivity (Wildman–Crippen MR) is 148 cm³/mol. The largest absolute Gasteiger partial charge is 0.439 e. The molecule has 2 atom stereocenters. The zero-order chi connectivity index (χ0) is 28.3. The van der Waals surface area contributed by atoms with Gasteiger partial charge in [-0.15, -0.1) is 0 Å². The van der Waals surface area contributed by atoms with Crippen molar-refractivity contribution >= 4 is 28.6 Å². The Balaban J connectivity index is 1.46. The summed E-state index contributed by atoms with van der Waals surface area (Å²) in [5, 5.41) is 4.24. The lowest BCUT2D eigenvalue weighted by atomic mass is 9.83. The van der Waals surface area contributed by atoms with E-state index in [4.69, 9.17) is 30.8 Å². The third kappa shape index (κ3) is 4.80. The summed E-state index contributed by atoms with van der Waals surface area (Å²) in [4.78, 5) is 30.2. The third-order valence-electron chi connectivity index (χ3n) is 8.75. The van der Waals surface area contributed by atoms with Gasteiger partial charge in [0.1, 0.15) is 11.7 Å². The van der Waals surface area contributed by atoms with Gasteiger partial charge in [0, 0.05) is 37.5 Å². The molecule has 13 heteroatoms. The lowest BCUT2D eigenvalue weighted by Crippen LogP contribution is -2.56. The summed E-state index contributed by atoms with van der Waals surface area (Å²) in [5.41, 5.74) is 2.71. The van der Waals surface area contributed by atoms with Gasteiger partial charge in [0.2, 0.25) is 11.8 Å². The number of fused-ring (bicyclic) bond motifs is 2. The molecule has 1 saturated heterocycles. The van der Waals surface area contributed by atoms with Crippen LogP contribution in [0.25, 0.3) is 33.8 Å². The molecule has 0 spiro atoms. The second-order valence-corrected chi connectivity index (χ2v) is 12.0. The fraction of sp³-hybridized carbons (Fsp3) is 0.536. The number of hydrogen-bond donors (Lipinski definition) is 1. The maximum absolute atomic E-state index is 15.3. The second-order valence-electron chi connectivity index (χ2n) is 11.6. The number of aromatic nitrogens is 6. The van der Waals surface area contributed by atoms with Crippen LogP contribution in [0.15, 0.2) is 33.8 Å². The summed E-state index contributed by atoms with van der Waals surface area (Å²) in [7, 11) is 0. The van der Waals surface area contributed by atoms with Crippen molar-refractivity contribution in [3.8, 4) is 22.8 Å². The summed E-state index contributed by atoms with van der Waals surface area (Å²) < 4.78 is 43.3. The highest BCUT2D eigenvalue weighted by Crippen LogP contribution is 2.45. The van der Waals surface area contributed by atoms with Gasteiger partial charge in [0.05, 0.1) is 34.5 Å². The monoisotopic (exact) mass is 585 g/mol. The first-order chi connectivity index (χ1) is 19.8. The Bertz CT molecular complexity index is 1650. The number of anilines is 1. The number of pyridine rings is 2. The minimum absolute atomic E-state index is 0.138. The van der Waals surface area contributed by atoms with Gasteiger partial charge in [0.15, 0.2) is 0 Å². The zero-order valence-electron chi connectivity index (χ0n) is 22.5. The van der Waals surface area contributed by atoms with E-state index in [0.717, 1.165) is 25.7 Å². The number of rotatable bonds is 5. The Kier molecular flexibility index (Phi) is 6.57. The summed E-state index contributed by atoms with van der Waals surface area (Å²) in [5.74, 6) is -1.97. The number of alkyl halides is 2. The van der Waals surface area contributed by atoms with Crippen LogP contribution in [0.5, 0.6) is 0 Å². The summed E-state index contributed by atoms with van der Waals surface area (Å²) in [6.07, 6.45) is 7.05. The standard InChI is InChI=1S/C28H30ClF2N7O3/c1-15-2-4-16(5-3-15)14-38-23-19(34-26(38)37-8-9-40-21-6-7-28(30,31)24(21)37)11-20(25-35-27(39)41-36-25)33-22(23)17-10-18(29)13-32-12-17/h10-13,15-16,21,24H,2-9,14H2,1H3,(H,35,36,39)/t15?,16?,21-,24+/m1/s1. The highest BCUT2D eigenvalue weighted by Gasteiger charge is 2.56. The SMILES string of the molecule is CC1CCC(Cn2c(N3CCO[C@@H]4CCC(F)(F)[C@H]43)nc3cc(-c4noc(=O)[nH]4)nc(-c4cncc(Cl)c4)c32)CC1. The van der Waals surface area contributed by atoms with E-state index in [2.05, 4.69) is 26.6 Å². The number of H-pyrrole nitrogens is 1. The van der Waals surface area contributed by atoms with Gasteiger partial charge < -0.3 is 14.2 Å². The number of imidazole rings is 1. The highest BCUT2D eigenvalue weighted by atomic mass is 35.5. The normalized spacial score (nSPS) is 26.0. The van der Waals surface area contributed by atoms with E-state index in [1.165, 1.54) is 6.20 Å². The van der Waals surface area contributed by atoms with Crippen LogP contribution in [-0.4, -0.2) is 60.9 Å². The lowest BCUT2D eigenvalue weighted by molar-refractivity contribution is -0.0583.